The number of rotatable bonds is 4. The van der Waals surface area contributed by atoms with E-state index >= 15 is 0 Å². The van der Waals surface area contributed by atoms with Crippen molar-refractivity contribution in [2.45, 2.75) is 70.6 Å². The number of hydrogen-bond acceptors (Lipinski definition) is 6. The fourth-order valence-electron chi connectivity index (χ4n) is 3.38. The first-order valence-corrected chi connectivity index (χ1v) is 10.9. The number of Topliss-reactive ketones (excluding diaryl/α,β-unsaturated/α-hetero) is 1. The summed E-state index contributed by atoms with van der Waals surface area (Å²) in [5.41, 5.74) is 0.951. The highest BCUT2D eigenvalue weighted by molar-refractivity contribution is 8.14. The summed E-state index contributed by atoms with van der Waals surface area (Å²) in [5.74, 6) is 0.335. The molecule has 1 N–H and O–H groups in total. The molecule has 6 nitrogen and oxygen atoms in total. The van der Waals surface area contributed by atoms with Crippen molar-refractivity contribution in [3.8, 4) is 0 Å². The zero-order chi connectivity index (χ0) is 20.5. The molecule has 2 rings (SSSR count). The second kappa shape index (κ2) is 11.4. The summed E-state index contributed by atoms with van der Waals surface area (Å²) in [6.45, 7) is 4.09. The summed E-state index contributed by atoms with van der Waals surface area (Å²) in [6, 6.07) is -0.507. The van der Waals surface area contributed by atoms with Crippen molar-refractivity contribution in [1.82, 2.24) is 5.32 Å². The number of allylic oxidation sites excluding steroid dienone is 3. The van der Waals surface area contributed by atoms with Crippen LogP contribution in [0.3, 0.4) is 0 Å². The quantitative estimate of drug-likeness (QED) is 0.562. The molecule has 1 amide bonds. The molecule has 0 aromatic heterocycles. The van der Waals surface area contributed by atoms with E-state index in [1.165, 1.54) is 6.08 Å². The van der Waals surface area contributed by atoms with Crippen LogP contribution in [-0.4, -0.2) is 48.1 Å². The Morgan fingerprint density at radius 1 is 1.36 bits per heavy atom. The van der Waals surface area contributed by atoms with Crippen LogP contribution in [-0.2, 0) is 19.1 Å². The van der Waals surface area contributed by atoms with E-state index in [1.54, 1.807) is 7.11 Å². The van der Waals surface area contributed by atoms with E-state index < -0.39 is 18.1 Å². The van der Waals surface area contributed by atoms with Crippen molar-refractivity contribution in [3.05, 3.63) is 23.8 Å². The number of thioether (sulfide) groups is 1. The third kappa shape index (κ3) is 7.80. The highest BCUT2D eigenvalue weighted by Crippen LogP contribution is 2.22. The fraction of sp³-hybridized carbons (Fsp3) is 0.667. The van der Waals surface area contributed by atoms with Gasteiger partial charge in [-0.25, -0.2) is 4.79 Å². The molecule has 0 unspecified atom stereocenters. The Labute approximate surface area is 171 Å². The van der Waals surface area contributed by atoms with Crippen molar-refractivity contribution in [1.29, 1.82) is 0 Å². The normalized spacial score (nSPS) is 33.2. The number of amides is 1. The molecule has 156 valence electrons. The van der Waals surface area contributed by atoms with Gasteiger partial charge in [0.2, 0.25) is 0 Å². The molecule has 1 saturated heterocycles. The number of ketones is 1. The molecule has 0 aromatic carbocycles. The Bertz CT molecular complexity index is 630. The zero-order valence-corrected chi connectivity index (χ0v) is 17.8. The minimum absolute atomic E-state index is 0.0828. The van der Waals surface area contributed by atoms with Gasteiger partial charge in [0, 0.05) is 31.8 Å². The maximum absolute atomic E-state index is 12.6. The van der Waals surface area contributed by atoms with E-state index in [2.05, 4.69) is 24.4 Å². The number of cyclic esters (lactones) is 1. The van der Waals surface area contributed by atoms with Gasteiger partial charge in [0.05, 0.1) is 12.1 Å². The number of hydrogen-bond donors (Lipinski definition) is 1. The third-order valence-electron chi connectivity index (χ3n) is 5.11. The van der Waals surface area contributed by atoms with Crippen LogP contribution in [0.4, 0.5) is 4.79 Å². The van der Waals surface area contributed by atoms with Crippen molar-refractivity contribution in [2.75, 3.05) is 12.9 Å². The minimum atomic E-state index is -0.565. The van der Waals surface area contributed by atoms with Crippen LogP contribution in [0.1, 0.15) is 52.4 Å². The maximum atomic E-state index is 12.6. The average molecular weight is 410 g/mol. The molecule has 0 aromatic rings. The predicted octanol–water partition coefficient (Wildman–Crippen LogP) is 3.80. The van der Waals surface area contributed by atoms with Gasteiger partial charge >= 0.3 is 5.97 Å². The van der Waals surface area contributed by atoms with Gasteiger partial charge in [-0.15, -0.1) is 0 Å². The van der Waals surface area contributed by atoms with E-state index in [4.69, 9.17) is 9.47 Å². The first kappa shape index (κ1) is 22.7. The Morgan fingerprint density at radius 2 is 2.14 bits per heavy atom. The van der Waals surface area contributed by atoms with E-state index in [-0.39, 0.29) is 23.5 Å². The summed E-state index contributed by atoms with van der Waals surface area (Å²) < 4.78 is 11.2. The van der Waals surface area contributed by atoms with Crippen LogP contribution in [0, 0.1) is 5.92 Å². The number of nitrogens with one attached hydrogen (secondary N) is 1. The summed E-state index contributed by atoms with van der Waals surface area (Å²) in [6.07, 6.45) is 9.25. The molecular formula is C21H31NO5S. The van der Waals surface area contributed by atoms with Gasteiger partial charge in [0.25, 0.3) is 5.24 Å². The van der Waals surface area contributed by atoms with E-state index in [9.17, 15) is 14.4 Å². The minimum Gasteiger partial charge on any atom is -0.459 e. The monoisotopic (exact) mass is 409 g/mol. The van der Waals surface area contributed by atoms with Crippen molar-refractivity contribution in [3.63, 3.8) is 0 Å². The molecule has 2 aliphatic rings. The molecule has 2 heterocycles. The SMILES string of the molecule is CO[C@@H]1CC[C@H](C)/C=C\CC/C(C)=C\C(=O)O[C@@H](CC(=O)[C@@H]2CSC(=O)N2)C1. The molecule has 0 bridgehead atoms. The summed E-state index contributed by atoms with van der Waals surface area (Å²) in [5, 5.41) is 2.48. The van der Waals surface area contributed by atoms with Crippen molar-refractivity contribution in [2.24, 2.45) is 5.92 Å². The van der Waals surface area contributed by atoms with Gasteiger partial charge in [0.15, 0.2) is 5.78 Å². The highest BCUT2D eigenvalue weighted by Gasteiger charge is 2.31. The summed E-state index contributed by atoms with van der Waals surface area (Å²) in [7, 11) is 1.65. The summed E-state index contributed by atoms with van der Waals surface area (Å²) >= 11 is 1.11. The topological polar surface area (TPSA) is 81.7 Å². The smallest absolute Gasteiger partial charge is 0.330 e. The molecule has 1 fully saturated rings. The van der Waals surface area contributed by atoms with Gasteiger partial charge in [0.1, 0.15) is 6.10 Å². The van der Waals surface area contributed by atoms with Crippen LogP contribution in [0.2, 0.25) is 0 Å². The van der Waals surface area contributed by atoms with E-state index in [0.717, 1.165) is 43.0 Å². The van der Waals surface area contributed by atoms with Crippen LogP contribution < -0.4 is 5.32 Å². The number of ether oxygens (including phenoxy) is 2. The molecule has 0 spiro atoms. The highest BCUT2D eigenvalue weighted by atomic mass is 32.2. The standard InChI is InChI=1S/C21H31NO5S/c1-14-6-4-5-7-15(2)10-20(24)27-17(11-16(26-3)9-8-14)12-19(23)18-13-28-21(25)22-18/h4,6,10,14,16-18H,5,7-9,11-13H2,1-3H3,(H,22,25)/b6-4-,15-10-/t14-,16-,17-,18+/m1/s1. The largest absolute Gasteiger partial charge is 0.459 e. The van der Waals surface area contributed by atoms with Crippen LogP contribution in [0.15, 0.2) is 23.8 Å². The molecule has 2 aliphatic heterocycles. The molecule has 0 radical (unpaired) electrons. The molecule has 0 saturated carbocycles. The molecule has 28 heavy (non-hydrogen) atoms. The van der Waals surface area contributed by atoms with Crippen molar-refractivity contribution < 1.29 is 23.9 Å². The van der Waals surface area contributed by atoms with E-state index in [1.807, 2.05) is 6.92 Å². The molecule has 4 atom stereocenters. The molecular weight excluding hydrogens is 378 g/mol. The van der Waals surface area contributed by atoms with Gasteiger partial charge in [-0.2, -0.15) is 0 Å². The Hall–Kier alpha value is -1.60. The number of carbonyl (C=O) groups excluding carboxylic acids is 3. The zero-order valence-electron chi connectivity index (χ0n) is 16.9. The second-order valence-corrected chi connectivity index (χ2v) is 8.62. The fourth-order valence-corrected chi connectivity index (χ4v) is 4.19. The van der Waals surface area contributed by atoms with Gasteiger partial charge in [-0.3, -0.25) is 9.59 Å². The van der Waals surface area contributed by atoms with Gasteiger partial charge in [-0.1, -0.05) is 36.4 Å². The van der Waals surface area contributed by atoms with Crippen LogP contribution >= 0.6 is 11.8 Å². The van der Waals surface area contributed by atoms with Crippen LogP contribution in [0.5, 0.6) is 0 Å². The van der Waals surface area contributed by atoms with Gasteiger partial charge < -0.3 is 14.8 Å². The lowest BCUT2D eigenvalue weighted by Crippen LogP contribution is -2.38. The Morgan fingerprint density at radius 3 is 2.82 bits per heavy atom. The number of carbonyl (C=O) groups is 3. The average Bonchev–Trinajstić information content (AvgIpc) is 3.07. The lowest BCUT2D eigenvalue weighted by atomic mass is 9.96. The second-order valence-electron chi connectivity index (χ2n) is 7.63. The van der Waals surface area contributed by atoms with Gasteiger partial charge in [-0.05, 0) is 38.5 Å². The number of methoxy groups -OCH3 is 1. The maximum Gasteiger partial charge on any atom is 0.330 e. The van der Waals surface area contributed by atoms with E-state index in [0.29, 0.717) is 18.1 Å². The molecule has 7 heteroatoms. The first-order chi connectivity index (χ1) is 13.4. The lowest BCUT2D eigenvalue weighted by molar-refractivity contribution is -0.146. The predicted molar refractivity (Wildman–Crippen MR) is 110 cm³/mol. The Balaban J connectivity index is 2.10. The van der Waals surface area contributed by atoms with Crippen LogP contribution in [0.25, 0.3) is 0 Å². The van der Waals surface area contributed by atoms with Crippen molar-refractivity contribution >= 4 is 28.8 Å². The first-order valence-electron chi connectivity index (χ1n) is 9.90. The lowest BCUT2D eigenvalue weighted by Gasteiger charge is -2.24. The number of esters is 1. The Kier molecular flexibility index (Phi) is 9.25. The third-order valence-corrected chi connectivity index (χ3v) is 5.99. The summed E-state index contributed by atoms with van der Waals surface area (Å²) in [4.78, 5) is 36.3. The molecule has 0 aliphatic carbocycles.